The predicted molar refractivity (Wildman–Crippen MR) is 68.6 cm³/mol. The number of thiazole rings is 1. The molecule has 1 saturated carbocycles. The average molecular weight is 253 g/mol. The quantitative estimate of drug-likeness (QED) is 0.859. The fourth-order valence-corrected chi connectivity index (χ4v) is 2.92. The van der Waals surface area contributed by atoms with Crippen molar-refractivity contribution in [3.05, 3.63) is 16.1 Å². The third-order valence-electron chi connectivity index (χ3n) is 3.25. The van der Waals surface area contributed by atoms with E-state index in [0.29, 0.717) is 12.6 Å². The molecule has 1 fully saturated rings. The van der Waals surface area contributed by atoms with Crippen molar-refractivity contribution in [1.29, 1.82) is 0 Å². The number of aromatic nitrogens is 1. The molecule has 1 heterocycles. The van der Waals surface area contributed by atoms with E-state index in [1.165, 1.54) is 0 Å². The molecular formula is C12H19N3OS. The lowest BCUT2D eigenvalue weighted by Gasteiger charge is -2.24. The van der Waals surface area contributed by atoms with Gasteiger partial charge in [-0.3, -0.25) is 4.79 Å². The number of nitrogens with zero attached hydrogens (tertiary/aromatic N) is 1. The second kappa shape index (κ2) is 5.60. The Morgan fingerprint density at radius 2 is 2.24 bits per heavy atom. The van der Waals surface area contributed by atoms with Gasteiger partial charge in [-0.1, -0.05) is 0 Å². The highest BCUT2D eigenvalue weighted by molar-refractivity contribution is 7.11. The van der Waals surface area contributed by atoms with Crippen LogP contribution in [0.25, 0.3) is 0 Å². The van der Waals surface area contributed by atoms with Crippen LogP contribution in [0.5, 0.6) is 0 Å². The first-order chi connectivity index (χ1) is 8.15. The van der Waals surface area contributed by atoms with Crippen molar-refractivity contribution in [2.45, 2.75) is 45.2 Å². The number of hydrogen-bond acceptors (Lipinski definition) is 4. The molecule has 1 aromatic rings. The van der Waals surface area contributed by atoms with Gasteiger partial charge in [0.2, 0.25) is 5.91 Å². The van der Waals surface area contributed by atoms with E-state index < -0.39 is 0 Å². The number of hydrogen-bond donors (Lipinski definition) is 2. The molecule has 0 spiro atoms. The van der Waals surface area contributed by atoms with Crippen molar-refractivity contribution < 1.29 is 4.79 Å². The summed E-state index contributed by atoms with van der Waals surface area (Å²) in [5.74, 6) is 0.326. The molecular weight excluding hydrogens is 234 g/mol. The smallest absolute Gasteiger partial charge is 0.223 e. The Morgan fingerprint density at radius 1 is 1.53 bits per heavy atom. The van der Waals surface area contributed by atoms with Gasteiger partial charge in [-0.15, -0.1) is 11.3 Å². The predicted octanol–water partition coefficient (Wildman–Crippen LogP) is 1.59. The fourth-order valence-electron chi connectivity index (χ4n) is 2.19. The van der Waals surface area contributed by atoms with Crippen LogP contribution in [0, 0.1) is 12.8 Å². The van der Waals surface area contributed by atoms with Crippen molar-refractivity contribution in [2.75, 3.05) is 0 Å². The van der Waals surface area contributed by atoms with E-state index in [0.717, 1.165) is 35.6 Å². The molecule has 0 unspecified atom stereocenters. The zero-order valence-electron chi connectivity index (χ0n) is 10.1. The molecule has 94 valence electrons. The number of carbonyl (C=O) groups excluding carboxylic acids is 1. The summed E-state index contributed by atoms with van der Waals surface area (Å²) in [5.41, 5.74) is 5.83. The first-order valence-corrected chi connectivity index (χ1v) is 6.91. The van der Waals surface area contributed by atoms with E-state index >= 15 is 0 Å². The summed E-state index contributed by atoms with van der Waals surface area (Å²) in [6.45, 7) is 2.57. The van der Waals surface area contributed by atoms with Crippen LogP contribution in [-0.4, -0.2) is 16.9 Å². The number of rotatable bonds is 3. The molecule has 2 rings (SSSR count). The standard InChI is InChI=1S/C12H19N3OS/c1-8-14-6-11(17-8)7-15-12(16)9-2-4-10(13)5-3-9/h6,9-10H,2-5,7,13H2,1H3,(H,15,16). The summed E-state index contributed by atoms with van der Waals surface area (Å²) in [5, 5.41) is 4.03. The summed E-state index contributed by atoms with van der Waals surface area (Å²) in [4.78, 5) is 17.2. The molecule has 5 heteroatoms. The van der Waals surface area contributed by atoms with Crippen molar-refractivity contribution >= 4 is 17.2 Å². The molecule has 3 N–H and O–H groups in total. The Labute approximate surface area is 106 Å². The van der Waals surface area contributed by atoms with Gasteiger partial charge in [0.25, 0.3) is 0 Å². The minimum Gasteiger partial charge on any atom is -0.351 e. The molecule has 1 aromatic heterocycles. The molecule has 0 saturated heterocycles. The maximum absolute atomic E-state index is 11.9. The third kappa shape index (κ3) is 3.51. The summed E-state index contributed by atoms with van der Waals surface area (Å²) < 4.78 is 0. The van der Waals surface area contributed by atoms with Gasteiger partial charge in [0, 0.05) is 23.0 Å². The highest BCUT2D eigenvalue weighted by Gasteiger charge is 2.24. The van der Waals surface area contributed by atoms with Crippen LogP contribution in [0.2, 0.25) is 0 Å². The molecule has 0 radical (unpaired) electrons. The monoisotopic (exact) mass is 253 g/mol. The van der Waals surface area contributed by atoms with E-state index in [1.807, 2.05) is 13.1 Å². The lowest BCUT2D eigenvalue weighted by molar-refractivity contribution is -0.126. The molecule has 1 aliphatic rings. The van der Waals surface area contributed by atoms with Crippen LogP contribution in [-0.2, 0) is 11.3 Å². The third-order valence-corrected chi connectivity index (χ3v) is 4.16. The van der Waals surface area contributed by atoms with Gasteiger partial charge in [0.1, 0.15) is 0 Å². The van der Waals surface area contributed by atoms with Crippen LogP contribution in [0.15, 0.2) is 6.20 Å². The minimum absolute atomic E-state index is 0.156. The van der Waals surface area contributed by atoms with Gasteiger partial charge in [-0.2, -0.15) is 0 Å². The first-order valence-electron chi connectivity index (χ1n) is 6.09. The maximum Gasteiger partial charge on any atom is 0.223 e. The SMILES string of the molecule is Cc1ncc(CNC(=O)C2CCC(N)CC2)s1. The molecule has 1 amide bonds. The first kappa shape index (κ1) is 12.5. The van der Waals surface area contributed by atoms with Crippen molar-refractivity contribution in [3.63, 3.8) is 0 Å². The van der Waals surface area contributed by atoms with Gasteiger partial charge in [0.15, 0.2) is 0 Å². The Morgan fingerprint density at radius 3 is 2.82 bits per heavy atom. The summed E-state index contributed by atoms with van der Waals surface area (Å²) in [6, 6.07) is 0.295. The zero-order valence-corrected chi connectivity index (χ0v) is 10.9. The van der Waals surface area contributed by atoms with E-state index in [4.69, 9.17) is 5.73 Å². The Hall–Kier alpha value is -0.940. The van der Waals surface area contributed by atoms with Crippen LogP contribution >= 0.6 is 11.3 Å². The topological polar surface area (TPSA) is 68.0 Å². The number of aryl methyl sites for hydroxylation is 1. The maximum atomic E-state index is 11.9. The van der Waals surface area contributed by atoms with Gasteiger partial charge >= 0.3 is 0 Å². The van der Waals surface area contributed by atoms with E-state index in [-0.39, 0.29) is 11.8 Å². The molecule has 1 aliphatic carbocycles. The lowest BCUT2D eigenvalue weighted by atomic mass is 9.86. The highest BCUT2D eigenvalue weighted by atomic mass is 32.1. The molecule has 0 aliphatic heterocycles. The second-order valence-corrected chi connectivity index (χ2v) is 5.99. The average Bonchev–Trinajstić information content (AvgIpc) is 2.73. The lowest BCUT2D eigenvalue weighted by Crippen LogP contribution is -2.35. The normalized spacial score (nSPS) is 24.6. The van der Waals surface area contributed by atoms with E-state index in [2.05, 4.69) is 10.3 Å². The largest absolute Gasteiger partial charge is 0.351 e. The van der Waals surface area contributed by atoms with Gasteiger partial charge < -0.3 is 11.1 Å². The Balaban J connectivity index is 1.77. The fraction of sp³-hybridized carbons (Fsp3) is 0.667. The Bertz CT molecular complexity index is 383. The Kier molecular flexibility index (Phi) is 4.12. The summed E-state index contributed by atoms with van der Waals surface area (Å²) in [6.07, 6.45) is 5.62. The molecule has 0 aromatic carbocycles. The molecule has 0 atom stereocenters. The minimum atomic E-state index is 0.156. The molecule has 4 nitrogen and oxygen atoms in total. The van der Waals surface area contributed by atoms with Crippen LogP contribution in [0.3, 0.4) is 0 Å². The zero-order chi connectivity index (χ0) is 12.3. The van der Waals surface area contributed by atoms with E-state index in [9.17, 15) is 4.79 Å². The van der Waals surface area contributed by atoms with E-state index in [1.54, 1.807) is 11.3 Å². The summed E-state index contributed by atoms with van der Waals surface area (Å²) >= 11 is 1.63. The number of nitrogens with one attached hydrogen (secondary N) is 1. The van der Waals surface area contributed by atoms with Gasteiger partial charge in [-0.25, -0.2) is 4.98 Å². The number of amides is 1. The van der Waals surface area contributed by atoms with Crippen LogP contribution in [0.4, 0.5) is 0 Å². The highest BCUT2D eigenvalue weighted by Crippen LogP contribution is 2.23. The second-order valence-electron chi connectivity index (χ2n) is 4.68. The molecule has 17 heavy (non-hydrogen) atoms. The number of nitrogens with two attached hydrogens (primary N) is 1. The van der Waals surface area contributed by atoms with Crippen molar-refractivity contribution in [2.24, 2.45) is 11.7 Å². The van der Waals surface area contributed by atoms with Gasteiger partial charge in [-0.05, 0) is 32.6 Å². The molecule has 0 bridgehead atoms. The summed E-state index contributed by atoms with van der Waals surface area (Å²) in [7, 11) is 0. The van der Waals surface area contributed by atoms with Crippen LogP contribution < -0.4 is 11.1 Å². The van der Waals surface area contributed by atoms with Crippen molar-refractivity contribution in [3.8, 4) is 0 Å². The number of carbonyl (C=O) groups is 1. The van der Waals surface area contributed by atoms with Crippen LogP contribution in [0.1, 0.15) is 35.6 Å². The van der Waals surface area contributed by atoms with Gasteiger partial charge in [0.05, 0.1) is 11.6 Å². The van der Waals surface area contributed by atoms with Crippen molar-refractivity contribution in [1.82, 2.24) is 10.3 Å².